The lowest BCUT2D eigenvalue weighted by molar-refractivity contribution is -0.126. The zero-order chi connectivity index (χ0) is 9.84. The number of carbonyl (C=O) groups excluding carboxylic acids is 1. The van der Waals surface area contributed by atoms with Gasteiger partial charge in [-0.05, 0) is 19.3 Å². The molecule has 13 heavy (non-hydrogen) atoms. The number of carbonyl (C=O) groups is 1. The summed E-state index contributed by atoms with van der Waals surface area (Å²) >= 11 is 0. The van der Waals surface area contributed by atoms with Gasteiger partial charge in [-0.15, -0.1) is 0 Å². The van der Waals surface area contributed by atoms with Gasteiger partial charge in [0.05, 0.1) is 6.10 Å². The molecule has 4 heteroatoms. The molecule has 0 bridgehead atoms. The van der Waals surface area contributed by atoms with Crippen LogP contribution in [0.25, 0.3) is 0 Å². The first-order valence-corrected chi connectivity index (χ1v) is 4.85. The maximum absolute atomic E-state index is 11.4. The second kappa shape index (κ2) is 4.58. The van der Waals surface area contributed by atoms with Crippen LogP contribution < -0.4 is 11.1 Å². The summed E-state index contributed by atoms with van der Waals surface area (Å²) in [7, 11) is 0. The molecule has 1 rings (SSSR count). The van der Waals surface area contributed by atoms with E-state index in [2.05, 4.69) is 5.32 Å². The molecule has 0 radical (unpaired) electrons. The minimum Gasteiger partial charge on any atom is -0.393 e. The quantitative estimate of drug-likeness (QED) is 0.559. The van der Waals surface area contributed by atoms with Gasteiger partial charge >= 0.3 is 0 Å². The number of hydrogen-bond acceptors (Lipinski definition) is 3. The first-order chi connectivity index (χ1) is 6.17. The first-order valence-electron chi connectivity index (χ1n) is 4.85. The lowest BCUT2D eigenvalue weighted by Crippen LogP contribution is -2.49. The van der Waals surface area contributed by atoms with Gasteiger partial charge in [-0.1, -0.05) is 6.92 Å². The summed E-state index contributed by atoms with van der Waals surface area (Å²) in [5.41, 5.74) is 5.44. The maximum atomic E-state index is 11.4. The number of aliphatic hydroxyl groups is 1. The van der Waals surface area contributed by atoms with E-state index in [0.717, 1.165) is 6.42 Å². The molecule has 0 aromatic heterocycles. The van der Waals surface area contributed by atoms with Crippen LogP contribution >= 0.6 is 0 Å². The Bertz CT molecular complexity index is 174. The van der Waals surface area contributed by atoms with Crippen LogP contribution in [0.5, 0.6) is 0 Å². The van der Waals surface area contributed by atoms with Crippen LogP contribution in [-0.2, 0) is 4.79 Å². The number of nitrogens with one attached hydrogen (secondary N) is 1. The normalized spacial score (nSPS) is 29.2. The summed E-state index contributed by atoms with van der Waals surface area (Å²) in [6.45, 7) is 2.35. The van der Waals surface area contributed by atoms with Gasteiger partial charge in [-0.25, -0.2) is 0 Å². The predicted octanol–water partition coefficient (Wildman–Crippen LogP) is -0.389. The third-order valence-electron chi connectivity index (χ3n) is 2.61. The monoisotopic (exact) mass is 186 g/mol. The highest BCUT2D eigenvalue weighted by Gasteiger charge is 2.29. The van der Waals surface area contributed by atoms with Crippen molar-refractivity contribution in [1.29, 1.82) is 0 Å². The van der Waals surface area contributed by atoms with E-state index in [1.807, 2.05) is 6.92 Å². The van der Waals surface area contributed by atoms with Crippen molar-refractivity contribution in [2.75, 3.05) is 6.54 Å². The molecule has 0 aliphatic heterocycles. The minimum absolute atomic E-state index is 0.0295. The Morgan fingerprint density at radius 3 is 2.69 bits per heavy atom. The zero-order valence-electron chi connectivity index (χ0n) is 7.99. The van der Waals surface area contributed by atoms with Crippen LogP contribution in [0, 0.1) is 5.92 Å². The average molecular weight is 186 g/mol. The van der Waals surface area contributed by atoms with Crippen molar-refractivity contribution in [3.8, 4) is 0 Å². The highest BCUT2D eigenvalue weighted by Crippen LogP contribution is 2.19. The van der Waals surface area contributed by atoms with Crippen molar-refractivity contribution < 1.29 is 9.90 Å². The molecule has 0 spiro atoms. The van der Waals surface area contributed by atoms with Gasteiger partial charge in [0.2, 0.25) is 5.91 Å². The molecule has 0 aromatic carbocycles. The van der Waals surface area contributed by atoms with Crippen molar-refractivity contribution in [2.45, 2.75) is 38.3 Å². The Morgan fingerprint density at radius 2 is 2.31 bits per heavy atom. The zero-order valence-corrected chi connectivity index (χ0v) is 7.99. The van der Waals surface area contributed by atoms with E-state index in [-0.39, 0.29) is 24.0 Å². The Morgan fingerprint density at radius 1 is 1.69 bits per heavy atom. The molecule has 76 valence electrons. The van der Waals surface area contributed by atoms with Gasteiger partial charge in [-0.3, -0.25) is 4.79 Å². The van der Waals surface area contributed by atoms with Crippen molar-refractivity contribution in [1.82, 2.24) is 5.32 Å². The summed E-state index contributed by atoms with van der Waals surface area (Å²) in [6.07, 6.45) is 1.93. The van der Waals surface area contributed by atoms with Gasteiger partial charge < -0.3 is 16.2 Å². The predicted molar refractivity (Wildman–Crippen MR) is 50.0 cm³/mol. The van der Waals surface area contributed by atoms with Crippen LogP contribution in [0.1, 0.15) is 26.2 Å². The lowest BCUT2D eigenvalue weighted by atomic mass is 9.89. The van der Waals surface area contributed by atoms with E-state index in [1.165, 1.54) is 0 Å². The molecule has 0 saturated heterocycles. The molecule has 0 aromatic rings. The van der Waals surface area contributed by atoms with Gasteiger partial charge in [0.1, 0.15) is 0 Å². The minimum atomic E-state index is -0.219. The molecule has 1 unspecified atom stereocenters. The lowest BCUT2D eigenvalue weighted by Gasteiger charge is -2.32. The van der Waals surface area contributed by atoms with E-state index in [0.29, 0.717) is 19.4 Å². The summed E-state index contributed by atoms with van der Waals surface area (Å²) in [4.78, 5) is 11.4. The molecule has 1 atom stereocenters. The van der Waals surface area contributed by atoms with Crippen LogP contribution in [0.15, 0.2) is 0 Å². The molecule has 4 nitrogen and oxygen atoms in total. The first kappa shape index (κ1) is 10.5. The Labute approximate surface area is 78.5 Å². The molecule has 1 amide bonds. The summed E-state index contributed by atoms with van der Waals surface area (Å²) in [5, 5.41) is 11.9. The van der Waals surface area contributed by atoms with E-state index >= 15 is 0 Å². The molecular weight excluding hydrogens is 168 g/mol. The van der Waals surface area contributed by atoms with Gasteiger partial charge in [0.15, 0.2) is 0 Å². The van der Waals surface area contributed by atoms with Crippen molar-refractivity contribution >= 4 is 5.91 Å². The van der Waals surface area contributed by atoms with E-state index in [4.69, 9.17) is 10.8 Å². The molecule has 1 fully saturated rings. The highest BCUT2D eigenvalue weighted by molar-refractivity contribution is 5.79. The largest absolute Gasteiger partial charge is 0.393 e. The van der Waals surface area contributed by atoms with Crippen molar-refractivity contribution in [2.24, 2.45) is 11.7 Å². The van der Waals surface area contributed by atoms with Gasteiger partial charge in [-0.2, -0.15) is 0 Å². The van der Waals surface area contributed by atoms with Crippen LogP contribution in [0.3, 0.4) is 0 Å². The Kier molecular flexibility index (Phi) is 3.69. The number of aliphatic hydroxyl groups excluding tert-OH is 1. The molecule has 1 aliphatic carbocycles. The Hall–Kier alpha value is -0.610. The second-order valence-corrected chi connectivity index (χ2v) is 3.67. The fourth-order valence-corrected chi connectivity index (χ4v) is 1.48. The van der Waals surface area contributed by atoms with Gasteiger partial charge in [0.25, 0.3) is 0 Å². The second-order valence-electron chi connectivity index (χ2n) is 3.67. The molecule has 0 heterocycles. The molecule has 1 saturated carbocycles. The summed E-state index contributed by atoms with van der Waals surface area (Å²) in [5.74, 6) is -0.0420. The third kappa shape index (κ3) is 2.67. The fraction of sp³-hybridized carbons (Fsp3) is 0.889. The number of nitrogens with two attached hydrogens (primary N) is 1. The maximum Gasteiger partial charge on any atom is 0.224 e. The van der Waals surface area contributed by atoms with E-state index in [1.54, 1.807) is 0 Å². The van der Waals surface area contributed by atoms with Crippen molar-refractivity contribution in [3.63, 3.8) is 0 Å². The highest BCUT2D eigenvalue weighted by atomic mass is 16.3. The van der Waals surface area contributed by atoms with Crippen LogP contribution in [-0.4, -0.2) is 29.7 Å². The summed E-state index contributed by atoms with van der Waals surface area (Å²) < 4.78 is 0. The van der Waals surface area contributed by atoms with Gasteiger partial charge in [0, 0.05) is 18.5 Å². The van der Waals surface area contributed by atoms with Crippen LogP contribution in [0.4, 0.5) is 0 Å². The number of rotatable bonds is 4. The average Bonchev–Trinajstić information content (AvgIpc) is 2.04. The molecule has 1 aliphatic rings. The summed E-state index contributed by atoms with van der Waals surface area (Å²) in [6, 6.07) is 0.170. The SMILES string of the molecule is CCC(CN)C(=O)NC1CC(O)C1. The smallest absolute Gasteiger partial charge is 0.224 e. The number of amides is 1. The number of hydrogen-bond donors (Lipinski definition) is 3. The van der Waals surface area contributed by atoms with Crippen molar-refractivity contribution in [3.05, 3.63) is 0 Å². The van der Waals surface area contributed by atoms with E-state index in [9.17, 15) is 4.79 Å². The standard InChI is InChI=1S/C9H18N2O2/c1-2-6(5-10)9(13)11-7-3-8(12)4-7/h6-8,12H,2-5,10H2,1H3,(H,11,13). The van der Waals surface area contributed by atoms with E-state index < -0.39 is 0 Å². The fourth-order valence-electron chi connectivity index (χ4n) is 1.48. The molecular formula is C9H18N2O2. The van der Waals surface area contributed by atoms with Crippen LogP contribution in [0.2, 0.25) is 0 Å². The molecule has 4 N–H and O–H groups in total. The topological polar surface area (TPSA) is 75.4 Å². The Balaban J connectivity index is 2.24. The third-order valence-corrected chi connectivity index (χ3v) is 2.61.